The molecule has 1 saturated heterocycles. The van der Waals surface area contributed by atoms with Gasteiger partial charge in [0.25, 0.3) is 0 Å². The molecular weight excluding hydrogens is 1060 g/mol. The summed E-state index contributed by atoms with van der Waals surface area (Å²) in [6.45, 7) is 0.422. The minimum atomic E-state index is -4.73. The molecule has 0 saturated carbocycles. The third kappa shape index (κ3) is 35.4. The maximum absolute atomic E-state index is 12.7. The van der Waals surface area contributed by atoms with Gasteiger partial charge in [0, 0.05) is 57.5 Å². The van der Waals surface area contributed by atoms with Crippen LogP contribution in [-0.4, -0.2) is 172 Å². The summed E-state index contributed by atoms with van der Waals surface area (Å²) in [4.78, 5) is 99.5. The van der Waals surface area contributed by atoms with Crippen molar-refractivity contribution in [1.82, 2.24) is 20.0 Å². The molecule has 0 spiro atoms. The third-order valence-electron chi connectivity index (χ3n) is 10.9. The molecule has 1 fully saturated rings. The van der Waals surface area contributed by atoms with E-state index in [-0.39, 0.29) is 147 Å². The van der Waals surface area contributed by atoms with Crippen LogP contribution in [0.1, 0.15) is 142 Å². The second-order valence-corrected chi connectivity index (χ2v) is 18.2. The van der Waals surface area contributed by atoms with Crippen LogP contribution >= 0.6 is 7.82 Å². The molecule has 0 aromatic heterocycles. The number of rotatable bonds is 40. The number of carbonyl (C=O) groups excluding carboxylic acids is 3. The smallest absolute Gasteiger partial charge is 0.480 e. The monoisotopic (exact) mass is 1130 g/mol. The van der Waals surface area contributed by atoms with Crippen LogP contribution in [0.4, 0.5) is 0 Å². The Bertz CT molecular complexity index is 1460. The molecule has 0 aromatic rings. The van der Waals surface area contributed by atoms with E-state index < -0.39 is 101 Å². The summed E-state index contributed by atoms with van der Waals surface area (Å²) in [5.41, 5.74) is -1.31. The first-order valence-electron chi connectivity index (χ1n) is 23.2. The minimum absolute atomic E-state index is 0. The summed E-state index contributed by atoms with van der Waals surface area (Å²) in [6, 6.07) is 0. The second kappa shape index (κ2) is 40.2. The van der Waals surface area contributed by atoms with Gasteiger partial charge >= 0.3 is 113 Å². The van der Waals surface area contributed by atoms with E-state index >= 15 is 0 Å². The van der Waals surface area contributed by atoms with Gasteiger partial charge in [-0.25, -0.2) is 4.57 Å². The van der Waals surface area contributed by atoms with Crippen molar-refractivity contribution in [2.24, 2.45) is 0 Å². The number of nitrogens with zero attached hydrogens (tertiary/aromatic N) is 3. The number of phosphoric ester groups is 1. The quantitative estimate of drug-likeness (QED) is 0.0219. The Kier molecular flexibility index (Phi) is 40.6. The van der Waals surface area contributed by atoms with Crippen LogP contribution < -0.4 is 34.9 Å². The minimum Gasteiger partial charge on any atom is -0.480 e. The van der Waals surface area contributed by atoms with Crippen LogP contribution in [0.3, 0.4) is 0 Å². The van der Waals surface area contributed by atoms with Crippen LogP contribution in [0.5, 0.6) is 0 Å². The molecule has 1 aliphatic rings. The molecule has 6 N–H and O–H groups in total. The maximum atomic E-state index is 12.7. The van der Waals surface area contributed by atoms with Gasteiger partial charge in [-0.1, -0.05) is 97.3 Å². The van der Waals surface area contributed by atoms with Crippen molar-refractivity contribution in [1.29, 1.82) is 0 Å². The van der Waals surface area contributed by atoms with Crippen molar-refractivity contribution in [2.75, 3.05) is 78.7 Å². The molecule has 24 heteroatoms. The molecule has 0 aliphatic carbocycles. The fourth-order valence-electron chi connectivity index (χ4n) is 7.68. The fraction of sp³-hybridized carbons (Fsp3) is 0.837. The van der Waals surface area contributed by atoms with Gasteiger partial charge in [0.1, 0.15) is 6.61 Å². The zero-order chi connectivity index (χ0) is 48.5. The number of hydrogen-bond donors (Lipinski definition) is 6. The maximum Gasteiger partial charge on any atom is 3.00 e. The molecule has 1 rings (SSSR count). The average molecular weight is 1130 g/mol. The first kappa shape index (κ1) is 67.7. The number of aliphatic carboxylic acids is 4. The Hall–Kier alpha value is -1.40. The second-order valence-electron chi connectivity index (χ2n) is 16.8. The molecule has 2 atom stereocenters. The molecule has 21 nitrogen and oxygen atoms in total. The van der Waals surface area contributed by atoms with Crippen LogP contribution in [0.2, 0.25) is 0 Å². The van der Waals surface area contributed by atoms with Gasteiger partial charge in [-0.15, -0.1) is 0 Å². The Morgan fingerprint density at radius 3 is 1.58 bits per heavy atom. The molecule has 67 heavy (non-hydrogen) atoms. The summed E-state index contributed by atoms with van der Waals surface area (Å²) in [6.07, 6.45) is 13.6. The predicted molar refractivity (Wildman–Crippen MR) is 237 cm³/mol. The van der Waals surface area contributed by atoms with Crippen LogP contribution in [0.25, 0.3) is 0 Å². The molecule has 1 amide bonds. The average Bonchev–Trinajstić information content (AvgIpc) is 3.39. The predicted octanol–water partition coefficient (Wildman–Crippen LogP) is 1.53. The van der Waals surface area contributed by atoms with E-state index in [1.165, 1.54) is 21.1 Å². The van der Waals surface area contributed by atoms with E-state index in [1.807, 2.05) is 0 Å². The van der Waals surface area contributed by atoms with E-state index in [1.54, 1.807) is 0 Å². The van der Waals surface area contributed by atoms with Gasteiger partial charge in [0.2, 0.25) is 5.91 Å². The first-order valence-corrected chi connectivity index (χ1v) is 24.7. The number of unbranched alkanes of at least 4 members (excludes halogenated alkanes) is 13. The molecule has 0 aromatic carbocycles. The van der Waals surface area contributed by atoms with E-state index in [4.69, 9.17) is 18.5 Å². The number of nitrogens with one attached hydrogen (secondary N) is 1. The van der Waals surface area contributed by atoms with Crippen molar-refractivity contribution in [3.63, 3.8) is 0 Å². The van der Waals surface area contributed by atoms with E-state index in [9.17, 15) is 63.4 Å². The summed E-state index contributed by atoms with van der Waals surface area (Å²) in [5.74, 6) is -6.55. The normalized spacial score (nSPS) is 15.2. The number of amides is 1. The molecule has 1 radical (unpaired) electrons. The molecular formula is C43H77GdN4NaO17P+4. The van der Waals surface area contributed by atoms with E-state index in [0.717, 1.165) is 70.6 Å². The Morgan fingerprint density at radius 1 is 0.642 bits per heavy atom. The summed E-state index contributed by atoms with van der Waals surface area (Å²) in [5, 5.41) is 40.9. The molecule has 2 unspecified atom stereocenters. The van der Waals surface area contributed by atoms with Crippen LogP contribution in [0, 0.1) is 39.9 Å². The van der Waals surface area contributed by atoms with Crippen molar-refractivity contribution >= 4 is 49.5 Å². The van der Waals surface area contributed by atoms with Crippen molar-refractivity contribution in [3.05, 3.63) is 0 Å². The van der Waals surface area contributed by atoms with Gasteiger partial charge < -0.3 is 40.1 Å². The summed E-state index contributed by atoms with van der Waals surface area (Å²) >= 11 is 0. The molecule has 1 heterocycles. The summed E-state index contributed by atoms with van der Waals surface area (Å²) < 4.78 is 33.7. The van der Waals surface area contributed by atoms with Gasteiger partial charge in [-0.3, -0.25) is 57.3 Å². The Balaban J connectivity index is 0. The molecule has 381 valence electrons. The number of esters is 2. The SMILES string of the molecule is CCCCCCCCCC(=O)OCC(COP(=O)(O)OCCNC(=O)CCCCC1(N(CC(=O)O)CC(=O)O)CN(CC(=O)O)CCN(CC(=O)O)C1)OC(=O)CCCCCCCCC.[Gd+3].[Na+]. The zero-order valence-electron chi connectivity index (χ0n) is 40.0. The van der Waals surface area contributed by atoms with E-state index in [0.29, 0.717) is 12.8 Å². The third-order valence-corrected chi connectivity index (χ3v) is 11.9. The number of hydrogen-bond acceptors (Lipinski definition) is 15. The van der Waals surface area contributed by atoms with Gasteiger partial charge in [-0.2, -0.15) is 0 Å². The number of carbonyl (C=O) groups is 7. The number of carboxylic acid groups (broad SMARTS) is 4. The van der Waals surface area contributed by atoms with Crippen molar-refractivity contribution < 1.29 is 151 Å². The topological polar surface area (TPSA) is 296 Å². The van der Waals surface area contributed by atoms with Crippen LogP contribution in [-0.2, 0) is 56.6 Å². The van der Waals surface area contributed by atoms with Crippen molar-refractivity contribution in [2.45, 2.75) is 154 Å². The largest absolute Gasteiger partial charge is 3.00 e. The number of carboxylic acids is 4. The van der Waals surface area contributed by atoms with Gasteiger partial charge in [-0.05, 0) is 25.7 Å². The number of phosphoric acid groups is 1. The zero-order valence-corrected chi connectivity index (χ0v) is 45.1. The standard InChI is InChI=1S/C43H77N4O17P.Gd.Na/c1-3-5-7-9-11-13-15-20-41(57)61-31-35(64-42(58)21-16-14-12-10-8-6-4-2)32-63-65(59,60)62-26-23-44-36(48)19-17-18-22-43(47(29-39(53)54)30-40(55)56)33-45(27-37(49)50)24-25-46(34-43)28-38(51)52;;/h35H,3-34H2,1-2H3,(H,44,48)(H,49,50)(H,51,52)(H,53,54)(H,55,56)(H,59,60);;/q;+3;+1. The fourth-order valence-corrected chi connectivity index (χ4v) is 8.43. The first-order chi connectivity index (χ1) is 30.9. The number of ether oxygens (including phenoxy) is 2. The Labute approximate surface area is 450 Å². The molecule has 1 aliphatic heterocycles. The summed E-state index contributed by atoms with van der Waals surface area (Å²) in [7, 11) is -4.73. The van der Waals surface area contributed by atoms with Gasteiger partial charge in [0.05, 0.1) is 39.4 Å². The van der Waals surface area contributed by atoms with Crippen LogP contribution in [0.15, 0.2) is 0 Å². The molecule has 0 bridgehead atoms. The van der Waals surface area contributed by atoms with Gasteiger partial charge in [0.15, 0.2) is 6.10 Å². The van der Waals surface area contributed by atoms with E-state index in [2.05, 4.69) is 19.2 Å². The van der Waals surface area contributed by atoms with Crippen molar-refractivity contribution in [3.8, 4) is 0 Å². The Morgan fingerprint density at radius 2 is 1.10 bits per heavy atom.